The Bertz CT molecular complexity index is 814. The Morgan fingerprint density at radius 3 is 2.39 bits per heavy atom. The molecule has 1 heterocycles. The van der Waals surface area contributed by atoms with Gasteiger partial charge in [-0.3, -0.25) is 9.59 Å². The highest BCUT2D eigenvalue weighted by Crippen LogP contribution is 2.24. The van der Waals surface area contributed by atoms with Crippen molar-refractivity contribution in [2.75, 3.05) is 36.5 Å². The predicted molar refractivity (Wildman–Crippen MR) is 111 cm³/mol. The van der Waals surface area contributed by atoms with E-state index in [2.05, 4.69) is 10.2 Å². The van der Waals surface area contributed by atoms with E-state index in [0.29, 0.717) is 6.54 Å². The highest BCUT2D eigenvalue weighted by molar-refractivity contribution is 5.97. The summed E-state index contributed by atoms with van der Waals surface area (Å²) >= 11 is 0. The summed E-state index contributed by atoms with van der Waals surface area (Å²) in [4.78, 5) is 28.4. The first kappa shape index (κ1) is 19.7. The van der Waals surface area contributed by atoms with Gasteiger partial charge in [0.2, 0.25) is 11.8 Å². The number of benzene rings is 2. The molecule has 0 unspecified atom stereocenters. The van der Waals surface area contributed by atoms with E-state index >= 15 is 0 Å². The standard InChI is InChI=1S/C22H27N3O3/c1-17(26)25(20-11-9-19(10-12-20)24-13-5-6-14-24)16-22(27)23-15-18-7-3-4-8-21(18)28-2/h3-4,7-12H,5-6,13-16H2,1-2H3,(H,23,27). The molecular weight excluding hydrogens is 354 g/mol. The first-order valence-corrected chi connectivity index (χ1v) is 9.60. The average Bonchev–Trinajstić information content (AvgIpc) is 3.25. The molecule has 0 radical (unpaired) electrons. The fraction of sp³-hybridized carbons (Fsp3) is 0.364. The van der Waals surface area contributed by atoms with Gasteiger partial charge in [-0.1, -0.05) is 18.2 Å². The van der Waals surface area contributed by atoms with Crippen molar-refractivity contribution < 1.29 is 14.3 Å². The fourth-order valence-corrected chi connectivity index (χ4v) is 3.45. The third kappa shape index (κ3) is 4.82. The van der Waals surface area contributed by atoms with Crippen LogP contribution < -0.4 is 19.9 Å². The van der Waals surface area contributed by atoms with E-state index in [-0.39, 0.29) is 18.4 Å². The minimum Gasteiger partial charge on any atom is -0.496 e. The van der Waals surface area contributed by atoms with Crippen molar-refractivity contribution in [3.05, 3.63) is 54.1 Å². The molecule has 1 saturated heterocycles. The van der Waals surface area contributed by atoms with Crippen molar-refractivity contribution in [1.29, 1.82) is 0 Å². The van der Waals surface area contributed by atoms with Crippen molar-refractivity contribution in [1.82, 2.24) is 5.32 Å². The van der Waals surface area contributed by atoms with Gasteiger partial charge < -0.3 is 19.9 Å². The topological polar surface area (TPSA) is 61.9 Å². The van der Waals surface area contributed by atoms with Crippen molar-refractivity contribution in [2.24, 2.45) is 0 Å². The van der Waals surface area contributed by atoms with Gasteiger partial charge in [-0.15, -0.1) is 0 Å². The van der Waals surface area contributed by atoms with Crippen molar-refractivity contribution in [3.63, 3.8) is 0 Å². The Morgan fingerprint density at radius 2 is 1.75 bits per heavy atom. The van der Waals surface area contributed by atoms with Gasteiger partial charge in [0.1, 0.15) is 12.3 Å². The molecule has 6 nitrogen and oxygen atoms in total. The fourth-order valence-electron chi connectivity index (χ4n) is 3.45. The highest BCUT2D eigenvalue weighted by atomic mass is 16.5. The molecule has 6 heteroatoms. The Balaban J connectivity index is 1.62. The minimum absolute atomic E-state index is 0.0203. The molecule has 0 saturated carbocycles. The molecule has 148 valence electrons. The lowest BCUT2D eigenvalue weighted by molar-refractivity contribution is -0.123. The zero-order valence-corrected chi connectivity index (χ0v) is 16.5. The first-order valence-electron chi connectivity index (χ1n) is 9.60. The van der Waals surface area contributed by atoms with Gasteiger partial charge >= 0.3 is 0 Å². The van der Waals surface area contributed by atoms with Gasteiger partial charge in [0.05, 0.1) is 7.11 Å². The third-order valence-electron chi connectivity index (χ3n) is 4.98. The maximum absolute atomic E-state index is 12.4. The molecule has 0 aliphatic carbocycles. The van der Waals surface area contributed by atoms with Crippen LogP contribution in [0.4, 0.5) is 11.4 Å². The summed E-state index contributed by atoms with van der Waals surface area (Å²) in [6.45, 7) is 3.94. The summed E-state index contributed by atoms with van der Waals surface area (Å²) in [5.41, 5.74) is 2.77. The molecule has 0 bridgehead atoms. The predicted octanol–water partition coefficient (Wildman–Crippen LogP) is 2.96. The quantitative estimate of drug-likeness (QED) is 0.801. The summed E-state index contributed by atoms with van der Waals surface area (Å²) in [7, 11) is 1.60. The number of carbonyl (C=O) groups excluding carboxylic acids is 2. The summed E-state index contributed by atoms with van der Waals surface area (Å²) in [6.07, 6.45) is 2.43. The van der Waals surface area contributed by atoms with E-state index in [9.17, 15) is 9.59 Å². The number of hydrogen-bond acceptors (Lipinski definition) is 4. The number of amides is 2. The number of rotatable bonds is 7. The van der Waals surface area contributed by atoms with Crippen LogP contribution in [0, 0.1) is 0 Å². The molecule has 1 aliphatic rings. The second-order valence-corrected chi connectivity index (χ2v) is 6.90. The monoisotopic (exact) mass is 381 g/mol. The Morgan fingerprint density at radius 1 is 1.07 bits per heavy atom. The Kier molecular flexibility index (Phi) is 6.53. The lowest BCUT2D eigenvalue weighted by Crippen LogP contribution is -2.39. The van der Waals surface area contributed by atoms with Crippen LogP contribution in [0.2, 0.25) is 0 Å². The molecule has 2 aromatic rings. The normalized spacial score (nSPS) is 13.3. The van der Waals surface area contributed by atoms with Gasteiger partial charge in [-0.25, -0.2) is 0 Å². The molecule has 0 aromatic heterocycles. The molecule has 28 heavy (non-hydrogen) atoms. The van der Waals surface area contributed by atoms with Crippen LogP contribution in [0.1, 0.15) is 25.3 Å². The van der Waals surface area contributed by atoms with E-state index in [1.807, 2.05) is 48.5 Å². The maximum Gasteiger partial charge on any atom is 0.240 e. The van der Waals surface area contributed by atoms with E-state index in [0.717, 1.165) is 35.8 Å². The average molecular weight is 381 g/mol. The molecule has 2 amide bonds. The molecule has 1 aliphatic heterocycles. The first-order chi connectivity index (χ1) is 13.6. The van der Waals surface area contributed by atoms with Crippen LogP contribution in [0.25, 0.3) is 0 Å². The molecule has 0 atom stereocenters. The van der Waals surface area contributed by atoms with E-state index < -0.39 is 0 Å². The number of carbonyl (C=O) groups is 2. The van der Waals surface area contributed by atoms with Crippen molar-refractivity contribution in [2.45, 2.75) is 26.3 Å². The zero-order chi connectivity index (χ0) is 19.9. The van der Waals surface area contributed by atoms with Crippen LogP contribution in [-0.4, -0.2) is 38.6 Å². The van der Waals surface area contributed by atoms with Crippen LogP contribution in [0.3, 0.4) is 0 Å². The summed E-state index contributed by atoms with van der Waals surface area (Å²) < 4.78 is 5.30. The number of ether oxygens (including phenoxy) is 1. The van der Waals surface area contributed by atoms with Crippen LogP contribution in [0.5, 0.6) is 5.75 Å². The van der Waals surface area contributed by atoms with Crippen molar-refractivity contribution in [3.8, 4) is 5.75 Å². The number of nitrogens with zero attached hydrogens (tertiary/aromatic N) is 2. The Labute approximate surface area is 166 Å². The van der Waals surface area contributed by atoms with Crippen LogP contribution in [-0.2, 0) is 16.1 Å². The van der Waals surface area contributed by atoms with Crippen molar-refractivity contribution >= 4 is 23.2 Å². The number of nitrogens with one attached hydrogen (secondary N) is 1. The van der Waals surface area contributed by atoms with Gasteiger partial charge in [0.15, 0.2) is 0 Å². The molecule has 3 rings (SSSR count). The zero-order valence-electron chi connectivity index (χ0n) is 16.5. The SMILES string of the molecule is COc1ccccc1CNC(=O)CN(C(C)=O)c1ccc(N2CCCC2)cc1. The van der Waals surface area contributed by atoms with Crippen LogP contribution in [0.15, 0.2) is 48.5 Å². The second kappa shape index (κ2) is 9.26. The number of para-hydroxylation sites is 1. The number of anilines is 2. The second-order valence-electron chi connectivity index (χ2n) is 6.90. The molecular formula is C22H27N3O3. The molecule has 1 N–H and O–H groups in total. The van der Waals surface area contributed by atoms with Gasteiger partial charge in [0, 0.05) is 43.5 Å². The summed E-state index contributed by atoms with van der Waals surface area (Å²) in [5.74, 6) is 0.342. The van der Waals surface area contributed by atoms with E-state index in [1.165, 1.54) is 24.7 Å². The highest BCUT2D eigenvalue weighted by Gasteiger charge is 2.17. The van der Waals surface area contributed by atoms with Gasteiger partial charge in [-0.2, -0.15) is 0 Å². The lowest BCUT2D eigenvalue weighted by atomic mass is 10.2. The minimum atomic E-state index is -0.218. The maximum atomic E-state index is 12.4. The van der Waals surface area contributed by atoms with E-state index in [1.54, 1.807) is 7.11 Å². The smallest absolute Gasteiger partial charge is 0.240 e. The largest absolute Gasteiger partial charge is 0.496 e. The molecule has 2 aromatic carbocycles. The lowest BCUT2D eigenvalue weighted by Gasteiger charge is -2.23. The number of hydrogen-bond donors (Lipinski definition) is 1. The van der Waals surface area contributed by atoms with Crippen LogP contribution >= 0.6 is 0 Å². The molecule has 1 fully saturated rings. The Hall–Kier alpha value is -3.02. The molecule has 0 spiro atoms. The summed E-state index contributed by atoms with van der Waals surface area (Å²) in [5, 5.41) is 2.86. The van der Waals surface area contributed by atoms with Gasteiger partial charge in [-0.05, 0) is 43.2 Å². The third-order valence-corrected chi connectivity index (χ3v) is 4.98. The summed E-state index contributed by atoms with van der Waals surface area (Å²) in [6, 6.07) is 15.4. The number of methoxy groups -OCH3 is 1. The van der Waals surface area contributed by atoms with Gasteiger partial charge in [0.25, 0.3) is 0 Å². The van der Waals surface area contributed by atoms with E-state index in [4.69, 9.17) is 4.74 Å².